The Morgan fingerprint density at radius 2 is 1.75 bits per heavy atom. The largest absolute Gasteiger partial charge is 0.426 e. The smallest absolute Gasteiger partial charge is 0.335 e. The Bertz CT molecular complexity index is 1010. The van der Waals surface area contributed by atoms with Gasteiger partial charge in [0, 0.05) is 12.0 Å². The molecular weight excluding hydrogens is 360 g/mol. The predicted molar refractivity (Wildman–Crippen MR) is 103 cm³/mol. The Balaban J connectivity index is 2.03. The van der Waals surface area contributed by atoms with Crippen molar-refractivity contribution in [2.24, 2.45) is 0 Å². The minimum absolute atomic E-state index is 0.180. The number of carbonyl (C=O) groups excluding carboxylic acids is 4. The first-order chi connectivity index (χ1) is 13.4. The lowest BCUT2D eigenvalue weighted by Gasteiger charge is -2.27. The summed E-state index contributed by atoms with van der Waals surface area (Å²) in [6.07, 6.45) is 1.49. The topological polar surface area (TPSA) is 92.8 Å². The zero-order chi connectivity index (χ0) is 20.3. The SMILES string of the molecule is CCC(=O)Oc1ccccc1/C=C1/C(=O)NC(=O)N(c2ccccc2C)C1=O. The summed E-state index contributed by atoms with van der Waals surface area (Å²) in [5, 5.41) is 2.18. The number of para-hydroxylation sites is 2. The zero-order valence-corrected chi connectivity index (χ0v) is 15.4. The second-order valence-electron chi connectivity index (χ2n) is 6.11. The fourth-order valence-corrected chi connectivity index (χ4v) is 2.73. The van der Waals surface area contributed by atoms with Crippen LogP contribution in [0.2, 0.25) is 0 Å². The quantitative estimate of drug-likeness (QED) is 0.382. The Kier molecular flexibility index (Phi) is 5.35. The number of hydrogen-bond acceptors (Lipinski definition) is 5. The van der Waals surface area contributed by atoms with E-state index in [9.17, 15) is 19.2 Å². The van der Waals surface area contributed by atoms with E-state index in [2.05, 4.69) is 5.32 Å². The summed E-state index contributed by atoms with van der Waals surface area (Å²) >= 11 is 0. The molecule has 1 fully saturated rings. The third kappa shape index (κ3) is 3.68. The van der Waals surface area contributed by atoms with E-state index in [0.29, 0.717) is 16.8 Å². The van der Waals surface area contributed by atoms with Crippen LogP contribution in [0.1, 0.15) is 24.5 Å². The second-order valence-corrected chi connectivity index (χ2v) is 6.11. The summed E-state index contributed by atoms with van der Waals surface area (Å²) < 4.78 is 5.25. The van der Waals surface area contributed by atoms with Crippen molar-refractivity contribution in [3.8, 4) is 5.75 Å². The molecule has 7 heteroatoms. The highest BCUT2D eigenvalue weighted by molar-refractivity contribution is 6.39. The van der Waals surface area contributed by atoms with Gasteiger partial charge in [-0.3, -0.25) is 19.7 Å². The van der Waals surface area contributed by atoms with Gasteiger partial charge >= 0.3 is 12.0 Å². The van der Waals surface area contributed by atoms with Crippen LogP contribution in [0.5, 0.6) is 5.75 Å². The molecule has 1 N–H and O–H groups in total. The van der Waals surface area contributed by atoms with Crippen LogP contribution in [-0.2, 0) is 14.4 Å². The van der Waals surface area contributed by atoms with Gasteiger partial charge in [-0.05, 0) is 30.7 Å². The average molecular weight is 378 g/mol. The van der Waals surface area contributed by atoms with Crippen molar-refractivity contribution in [3.05, 3.63) is 65.2 Å². The number of barbiturate groups is 1. The number of anilines is 1. The fraction of sp³-hybridized carbons (Fsp3) is 0.143. The Hall–Kier alpha value is -3.74. The van der Waals surface area contributed by atoms with Crippen LogP contribution in [-0.4, -0.2) is 23.8 Å². The molecule has 1 aliphatic heterocycles. The van der Waals surface area contributed by atoms with Gasteiger partial charge in [0.1, 0.15) is 11.3 Å². The molecule has 0 aromatic heterocycles. The number of urea groups is 1. The first kappa shape index (κ1) is 19.0. The Morgan fingerprint density at radius 1 is 1.07 bits per heavy atom. The molecule has 1 heterocycles. The molecule has 3 rings (SSSR count). The summed E-state index contributed by atoms with van der Waals surface area (Å²) in [6.45, 7) is 3.42. The Morgan fingerprint density at radius 3 is 2.46 bits per heavy atom. The number of hydrogen-bond donors (Lipinski definition) is 1. The molecule has 0 atom stereocenters. The molecule has 2 aromatic rings. The molecule has 4 amide bonds. The van der Waals surface area contributed by atoms with E-state index in [1.54, 1.807) is 62.4 Å². The Labute approximate surface area is 161 Å². The van der Waals surface area contributed by atoms with E-state index in [-0.39, 0.29) is 17.7 Å². The van der Waals surface area contributed by atoms with Crippen LogP contribution < -0.4 is 15.0 Å². The van der Waals surface area contributed by atoms with E-state index < -0.39 is 23.8 Å². The van der Waals surface area contributed by atoms with Gasteiger partial charge in [0.25, 0.3) is 11.8 Å². The zero-order valence-electron chi connectivity index (χ0n) is 15.4. The van der Waals surface area contributed by atoms with E-state index in [1.807, 2.05) is 0 Å². The minimum Gasteiger partial charge on any atom is -0.426 e. The molecule has 2 aromatic carbocycles. The molecule has 0 unspecified atom stereocenters. The van der Waals surface area contributed by atoms with Gasteiger partial charge in [0.15, 0.2) is 0 Å². The van der Waals surface area contributed by atoms with Gasteiger partial charge in [0.05, 0.1) is 5.69 Å². The number of carbonyl (C=O) groups is 4. The second kappa shape index (κ2) is 7.87. The van der Waals surface area contributed by atoms with Gasteiger partial charge in [0.2, 0.25) is 0 Å². The van der Waals surface area contributed by atoms with Crippen molar-refractivity contribution in [2.75, 3.05) is 4.90 Å². The molecular formula is C21H18N2O5. The molecule has 1 aliphatic rings. The molecule has 1 saturated heterocycles. The van der Waals surface area contributed by atoms with Crippen molar-refractivity contribution < 1.29 is 23.9 Å². The number of aryl methyl sites for hydroxylation is 1. The van der Waals surface area contributed by atoms with Crippen LogP contribution in [0.4, 0.5) is 10.5 Å². The molecule has 7 nitrogen and oxygen atoms in total. The van der Waals surface area contributed by atoms with E-state index in [4.69, 9.17) is 4.74 Å². The maximum Gasteiger partial charge on any atom is 0.335 e. The van der Waals surface area contributed by atoms with Gasteiger partial charge in [-0.15, -0.1) is 0 Å². The predicted octanol–water partition coefficient (Wildman–Crippen LogP) is 2.98. The standard InChI is InChI=1S/C21H18N2O5/c1-3-18(24)28-17-11-7-5-9-14(17)12-15-19(25)22-21(27)23(20(15)26)16-10-6-4-8-13(16)2/h4-12H,3H2,1-2H3,(H,22,25,27)/b15-12-. The van der Waals surface area contributed by atoms with Crippen LogP contribution in [0, 0.1) is 6.92 Å². The van der Waals surface area contributed by atoms with Crippen molar-refractivity contribution >= 4 is 35.6 Å². The normalized spacial score (nSPS) is 15.6. The molecule has 0 spiro atoms. The van der Waals surface area contributed by atoms with E-state index >= 15 is 0 Å². The molecule has 28 heavy (non-hydrogen) atoms. The first-order valence-corrected chi connectivity index (χ1v) is 8.69. The lowest BCUT2D eigenvalue weighted by Crippen LogP contribution is -2.54. The molecule has 0 radical (unpaired) electrons. The summed E-state index contributed by atoms with van der Waals surface area (Å²) in [4.78, 5) is 50.1. The number of rotatable bonds is 4. The summed E-state index contributed by atoms with van der Waals surface area (Å²) in [5.74, 6) is -1.78. The number of amides is 4. The summed E-state index contributed by atoms with van der Waals surface area (Å²) in [6, 6.07) is 12.6. The van der Waals surface area contributed by atoms with Gasteiger partial charge in [-0.2, -0.15) is 0 Å². The molecule has 0 aliphatic carbocycles. The lowest BCUT2D eigenvalue weighted by atomic mass is 10.1. The fourth-order valence-electron chi connectivity index (χ4n) is 2.73. The third-order valence-corrected chi connectivity index (χ3v) is 4.19. The van der Waals surface area contributed by atoms with Crippen LogP contribution in [0.25, 0.3) is 6.08 Å². The number of imide groups is 2. The van der Waals surface area contributed by atoms with Gasteiger partial charge in [-0.1, -0.05) is 43.3 Å². The highest BCUT2D eigenvalue weighted by Crippen LogP contribution is 2.27. The maximum absolute atomic E-state index is 13.0. The first-order valence-electron chi connectivity index (χ1n) is 8.69. The van der Waals surface area contributed by atoms with Crippen LogP contribution in [0.15, 0.2) is 54.1 Å². The van der Waals surface area contributed by atoms with Crippen molar-refractivity contribution in [3.63, 3.8) is 0 Å². The summed E-state index contributed by atoms with van der Waals surface area (Å²) in [5.41, 5.74) is 1.23. The lowest BCUT2D eigenvalue weighted by molar-refractivity contribution is -0.134. The average Bonchev–Trinajstić information content (AvgIpc) is 2.67. The van der Waals surface area contributed by atoms with Gasteiger partial charge in [-0.25, -0.2) is 9.69 Å². The number of esters is 1. The van der Waals surface area contributed by atoms with Crippen LogP contribution >= 0.6 is 0 Å². The van der Waals surface area contributed by atoms with Gasteiger partial charge < -0.3 is 4.74 Å². The third-order valence-electron chi connectivity index (χ3n) is 4.19. The molecule has 0 saturated carbocycles. The number of nitrogens with one attached hydrogen (secondary N) is 1. The molecule has 0 bridgehead atoms. The highest BCUT2D eigenvalue weighted by atomic mass is 16.5. The van der Waals surface area contributed by atoms with Crippen molar-refractivity contribution in [1.29, 1.82) is 0 Å². The molecule has 142 valence electrons. The van der Waals surface area contributed by atoms with E-state index in [0.717, 1.165) is 4.90 Å². The van der Waals surface area contributed by atoms with Crippen molar-refractivity contribution in [2.45, 2.75) is 20.3 Å². The maximum atomic E-state index is 13.0. The monoisotopic (exact) mass is 378 g/mol. The van der Waals surface area contributed by atoms with Crippen LogP contribution in [0.3, 0.4) is 0 Å². The van der Waals surface area contributed by atoms with Crippen molar-refractivity contribution in [1.82, 2.24) is 5.32 Å². The van der Waals surface area contributed by atoms with E-state index in [1.165, 1.54) is 6.08 Å². The minimum atomic E-state index is -0.813. The summed E-state index contributed by atoms with van der Waals surface area (Å²) in [7, 11) is 0. The number of ether oxygens (including phenoxy) is 1. The number of nitrogens with zero attached hydrogens (tertiary/aromatic N) is 1. The number of benzene rings is 2. The highest BCUT2D eigenvalue weighted by Gasteiger charge is 2.37.